The van der Waals surface area contributed by atoms with Crippen LogP contribution in [0.4, 0.5) is 4.39 Å². The van der Waals surface area contributed by atoms with E-state index < -0.39 is 0 Å². The fraction of sp³-hybridized carbons (Fsp3) is 0.250. The predicted octanol–water partition coefficient (Wildman–Crippen LogP) is 5.79. The molecule has 2 aromatic rings. The normalized spacial score (nSPS) is 12.4. The maximum Gasteiger partial charge on any atom is 0.126 e. The highest BCUT2D eigenvalue weighted by atomic mass is 79.9. The Morgan fingerprint density at radius 3 is 2.67 bits per heavy atom. The van der Waals surface area contributed by atoms with Crippen LogP contribution in [0.2, 0.25) is 10.0 Å². The minimum Gasteiger partial charge on any atom is -0.310 e. The number of halogens is 4. The molecule has 0 radical (unpaired) electrons. The lowest BCUT2D eigenvalue weighted by atomic mass is 9.98. The zero-order valence-electron chi connectivity index (χ0n) is 11.5. The van der Waals surface area contributed by atoms with E-state index in [0.717, 1.165) is 16.6 Å². The molecule has 2 rings (SSSR count). The Morgan fingerprint density at radius 2 is 1.95 bits per heavy atom. The molecule has 0 saturated carbocycles. The molecule has 0 fully saturated rings. The quantitative estimate of drug-likeness (QED) is 0.681. The van der Waals surface area contributed by atoms with Gasteiger partial charge in [-0.25, -0.2) is 4.39 Å². The third-order valence-electron chi connectivity index (χ3n) is 3.22. The van der Waals surface area contributed by atoms with Gasteiger partial charge in [0, 0.05) is 20.6 Å². The summed E-state index contributed by atoms with van der Waals surface area (Å²) in [4.78, 5) is 0. The molecule has 1 unspecified atom stereocenters. The largest absolute Gasteiger partial charge is 0.310 e. The Hall–Kier alpha value is -0.610. The minimum atomic E-state index is -0.223. The first-order valence-electron chi connectivity index (χ1n) is 6.63. The summed E-state index contributed by atoms with van der Waals surface area (Å²) in [5, 5.41) is 4.58. The lowest BCUT2D eigenvalue weighted by Gasteiger charge is -2.20. The van der Waals surface area contributed by atoms with Gasteiger partial charge in [-0.2, -0.15) is 0 Å². The van der Waals surface area contributed by atoms with Gasteiger partial charge in [0.25, 0.3) is 0 Å². The molecule has 5 heteroatoms. The van der Waals surface area contributed by atoms with E-state index in [2.05, 4.69) is 21.2 Å². The van der Waals surface area contributed by atoms with Crippen molar-refractivity contribution in [3.8, 4) is 0 Å². The molecule has 1 N–H and O–H groups in total. The lowest BCUT2D eigenvalue weighted by molar-refractivity contribution is 0.528. The van der Waals surface area contributed by atoms with Crippen LogP contribution in [0, 0.1) is 5.82 Å². The monoisotopic (exact) mass is 389 g/mol. The molecule has 0 saturated heterocycles. The van der Waals surface area contributed by atoms with E-state index in [1.165, 1.54) is 6.07 Å². The predicted molar refractivity (Wildman–Crippen MR) is 90.7 cm³/mol. The number of hydrogen-bond acceptors (Lipinski definition) is 1. The number of rotatable bonds is 5. The van der Waals surface area contributed by atoms with Gasteiger partial charge in [0.1, 0.15) is 5.82 Å². The van der Waals surface area contributed by atoms with Gasteiger partial charge in [-0.3, -0.25) is 0 Å². The summed E-state index contributed by atoms with van der Waals surface area (Å²) in [6, 6.07) is 10.2. The van der Waals surface area contributed by atoms with Crippen molar-refractivity contribution in [3.63, 3.8) is 0 Å². The summed E-state index contributed by atoms with van der Waals surface area (Å²) >= 11 is 15.7. The second-order valence-corrected chi connectivity index (χ2v) is 6.48. The molecule has 112 valence electrons. The van der Waals surface area contributed by atoms with E-state index in [1.54, 1.807) is 24.3 Å². The third kappa shape index (κ3) is 4.43. The van der Waals surface area contributed by atoms with Gasteiger partial charge in [0.2, 0.25) is 0 Å². The van der Waals surface area contributed by atoms with Gasteiger partial charge in [-0.15, -0.1) is 0 Å². The maximum absolute atomic E-state index is 14.0. The van der Waals surface area contributed by atoms with E-state index in [1.807, 2.05) is 13.0 Å². The highest BCUT2D eigenvalue weighted by Crippen LogP contribution is 2.30. The van der Waals surface area contributed by atoms with Crippen LogP contribution < -0.4 is 5.32 Å². The van der Waals surface area contributed by atoms with Gasteiger partial charge >= 0.3 is 0 Å². The molecular formula is C16H15BrCl2FN. The summed E-state index contributed by atoms with van der Waals surface area (Å²) in [5.41, 5.74) is 1.51. The molecule has 0 heterocycles. The van der Waals surface area contributed by atoms with Gasteiger partial charge in [0.05, 0.1) is 0 Å². The van der Waals surface area contributed by atoms with E-state index >= 15 is 0 Å². The summed E-state index contributed by atoms with van der Waals surface area (Å²) in [6.45, 7) is 2.76. The first kappa shape index (κ1) is 16.8. The van der Waals surface area contributed by atoms with Crippen LogP contribution >= 0.6 is 39.1 Å². The zero-order chi connectivity index (χ0) is 15.4. The fourth-order valence-corrected chi connectivity index (χ4v) is 3.08. The minimum absolute atomic E-state index is 0.0926. The van der Waals surface area contributed by atoms with Crippen molar-refractivity contribution >= 4 is 39.1 Å². The molecule has 0 aliphatic heterocycles. The summed E-state index contributed by atoms with van der Waals surface area (Å²) < 4.78 is 14.8. The zero-order valence-corrected chi connectivity index (χ0v) is 14.6. The molecule has 1 atom stereocenters. The van der Waals surface area contributed by atoms with Crippen LogP contribution in [-0.2, 0) is 6.42 Å². The third-order valence-corrected chi connectivity index (χ3v) is 4.29. The second kappa shape index (κ2) is 7.59. The summed E-state index contributed by atoms with van der Waals surface area (Å²) in [7, 11) is 0. The molecule has 0 aliphatic carbocycles. The van der Waals surface area contributed by atoms with Crippen LogP contribution in [-0.4, -0.2) is 6.54 Å². The molecule has 0 aliphatic rings. The number of benzene rings is 2. The van der Waals surface area contributed by atoms with Crippen molar-refractivity contribution in [1.29, 1.82) is 0 Å². The molecule has 0 spiro atoms. The van der Waals surface area contributed by atoms with Crippen molar-refractivity contribution in [2.75, 3.05) is 6.54 Å². The number of nitrogens with one attached hydrogen (secondary N) is 1. The molecular weight excluding hydrogens is 376 g/mol. The lowest BCUT2D eigenvalue weighted by Crippen LogP contribution is -2.23. The van der Waals surface area contributed by atoms with Gasteiger partial charge in [-0.05, 0) is 60.5 Å². The fourth-order valence-electron chi connectivity index (χ4n) is 2.24. The van der Waals surface area contributed by atoms with Crippen molar-refractivity contribution in [2.45, 2.75) is 19.4 Å². The Kier molecular flexibility index (Phi) is 6.06. The van der Waals surface area contributed by atoms with Crippen molar-refractivity contribution < 1.29 is 4.39 Å². The SMILES string of the molecule is CCNC(Cc1cc(Br)ccc1F)c1cc(Cl)ccc1Cl. The van der Waals surface area contributed by atoms with Crippen LogP contribution in [0.5, 0.6) is 0 Å². The second-order valence-electron chi connectivity index (χ2n) is 4.72. The molecule has 21 heavy (non-hydrogen) atoms. The van der Waals surface area contributed by atoms with Crippen LogP contribution in [0.25, 0.3) is 0 Å². The Bertz CT molecular complexity index is 634. The Morgan fingerprint density at radius 1 is 1.19 bits per heavy atom. The standard InChI is InChI=1S/C16H15BrCl2FN/c1-2-21-16(13-9-12(18)4-5-14(13)19)8-10-7-11(17)3-6-15(10)20/h3-7,9,16,21H,2,8H2,1H3. The van der Waals surface area contributed by atoms with Crippen LogP contribution in [0.15, 0.2) is 40.9 Å². The van der Waals surface area contributed by atoms with Crippen LogP contribution in [0.3, 0.4) is 0 Å². The molecule has 0 aromatic heterocycles. The van der Waals surface area contributed by atoms with Gasteiger partial charge < -0.3 is 5.32 Å². The number of hydrogen-bond donors (Lipinski definition) is 1. The highest BCUT2D eigenvalue weighted by Gasteiger charge is 2.17. The van der Waals surface area contributed by atoms with Crippen molar-refractivity contribution in [1.82, 2.24) is 5.32 Å². The maximum atomic E-state index is 14.0. The van der Waals surface area contributed by atoms with Crippen molar-refractivity contribution in [2.24, 2.45) is 0 Å². The molecule has 0 amide bonds. The van der Waals surface area contributed by atoms with E-state index in [4.69, 9.17) is 23.2 Å². The van der Waals surface area contributed by atoms with Crippen LogP contribution in [0.1, 0.15) is 24.1 Å². The first-order chi connectivity index (χ1) is 10.0. The van der Waals surface area contributed by atoms with Gasteiger partial charge in [-0.1, -0.05) is 46.1 Å². The highest BCUT2D eigenvalue weighted by molar-refractivity contribution is 9.10. The molecule has 0 bridgehead atoms. The Balaban J connectivity index is 2.35. The summed E-state index contributed by atoms with van der Waals surface area (Å²) in [5.74, 6) is -0.223. The van der Waals surface area contributed by atoms with E-state index in [-0.39, 0.29) is 11.9 Å². The topological polar surface area (TPSA) is 12.0 Å². The Labute approximate surface area is 142 Å². The first-order valence-corrected chi connectivity index (χ1v) is 8.18. The summed E-state index contributed by atoms with van der Waals surface area (Å²) in [6.07, 6.45) is 0.499. The van der Waals surface area contributed by atoms with Crippen molar-refractivity contribution in [3.05, 3.63) is 67.9 Å². The average Bonchev–Trinajstić information content (AvgIpc) is 2.45. The molecule has 1 nitrogen and oxygen atoms in total. The number of likely N-dealkylation sites (N-methyl/N-ethyl adjacent to an activating group) is 1. The average molecular weight is 391 g/mol. The van der Waals surface area contributed by atoms with E-state index in [9.17, 15) is 4.39 Å². The van der Waals surface area contributed by atoms with Gasteiger partial charge in [0.15, 0.2) is 0 Å². The van der Waals surface area contributed by atoms with E-state index in [0.29, 0.717) is 22.0 Å². The smallest absolute Gasteiger partial charge is 0.126 e. The molecule has 2 aromatic carbocycles.